The Balaban J connectivity index is 1.86. The van der Waals surface area contributed by atoms with Crippen LogP contribution >= 0.6 is 0 Å². The third-order valence-corrected chi connectivity index (χ3v) is 5.28. The van der Waals surface area contributed by atoms with Gasteiger partial charge in [0.1, 0.15) is 0 Å². The van der Waals surface area contributed by atoms with Crippen molar-refractivity contribution in [3.63, 3.8) is 0 Å². The van der Waals surface area contributed by atoms with E-state index in [0.29, 0.717) is 5.69 Å². The Hall–Kier alpha value is -3.39. The molecule has 0 unspecified atom stereocenters. The molecule has 7 nitrogen and oxygen atoms in total. The Bertz CT molecular complexity index is 1070. The van der Waals surface area contributed by atoms with Gasteiger partial charge in [0.15, 0.2) is 5.75 Å². The molecule has 0 fully saturated rings. The number of benzene rings is 3. The standard InChI is InChI=1S/C19H16N2O5S/c1-26-19-12-11-17(13-18(19)21(22)23)27(24,25)20-16-9-7-15(8-10-16)14-5-3-2-4-6-14/h2-13,20H,1H3. The molecule has 0 aliphatic heterocycles. The monoisotopic (exact) mass is 384 g/mol. The first-order valence-electron chi connectivity index (χ1n) is 7.91. The van der Waals surface area contributed by atoms with Gasteiger partial charge >= 0.3 is 5.69 Å². The average molecular weight is 384 g/mol. The summed E-state index contributed by atoms with van der Waals surface area (Å²) in [6.45, 7) is 0. The van der Waals surface area contributed by atoms with Crippen molar-refractivity contribution in [3.05, 3.63) is 82.9 Å². The molecule has 138 valence electrons. The summed E-state index contributed by atoms with van der Waals surface area (Å²) in [6, 6.07) is 20.0. The molecule has 0 bridgehead atoms. The maximum Gasteiger partial charge on any atom is 0.312 e. The highest BCUT2D eigenvalue weighted by Crippen LogP contribution is 2.30. The number of rotatable bonds is 6. The predicted molar refractivity (Wildman–Crippen MR) is 102 cm³/mol. The zero-order valence-corrected chi connectivity index (χ0v) is 15.1. The molecular weight excluding hydrogens is 368 g/mol. The number of methoxy groups -OCH3 is 1. The van der Waals surface area contributed by atoms with Crippen LogP contribution in [0.15, 0.2) is 77.7 Å². The molecule has 0 saturated heterocycles. The van der Waals surface area contributed by atoms with Gasteiger partial charge in [-0.05, 0) is 35.4 Å². The molecule has 27 heavy (non-hydrogen) atoms. The zero-order valence-electron chi connectivity index (χ0n) is 14.3. The van der Waals surface area contributed by atoms with E-state index in [0.717, 1.165) is 17.2 Å². The number of ether oxygens (including phenoxy) is 1. The number of nitrogens with zero attached hydrogens (tertiary/aromatic N) is 1. The summed E-state index contributed by atoms with van der Waals surface area (Å²) >= 11 is 0. The zero-order chi connectivity index (χ0) is 19.4. The quantitative estimate of drug-likeness (QED) is 0.510. The van der Waals surface area contributed by atoms with Crippen LogP contribution in [0, 0.1) is 10.1 Å². The largest absolute Gasteiger partial charge is 0.490 e. The number of nitrogens with one attached hydrogen (secondary N) is 1. The third-order valence-electron chi connectivity index (χ3n) is 3.90. The number of nitro benzene ring substituents is 1. The summed E-state index contributed by atoms with van der Waals surface area (Å²) in [5.41, 5.74) is 1.89. The van der Waals surface area contributed by atoms with Crippen LogP contribution in [0.5, 0.6) is 5.75 Å². The van der Waals surface area contributed by atoms with E-state index in [9.17, 15) is 18.5 Å². The van der Waals surface area contributed by atoms with E-state index in [4.69, 9.17) is 4.74 Å². The minimum atomic E-state index is -3.98. The van der Waals surface area contributed by atoms with Gasteiger partial charge in [0.05, 0.1) is 16.9 Å². The van der Waals surface area contributed by atoms with E-state index in [-0.39, 0.29) is 10.6 Å². The highest BCUT2D eigenvalue weighted by atomic mass is 32.2. The van der Waals surface area contributed by atoms with Gasteiger partial charge in [-0.15, -0.1) is 0 Å². The highest BCUT2D eigenvalue weighted by molar-refractivity contribution is 7.92. The maximum absolute atomic E-state index is 12.6. The van der Waals surface area contributed by atoms with Gasteiger partial charge < -0.3 is 4.74 Å². The van der Waals surface area contributed by atoms with Crippen molar-refractivity contribution in [1.29, 1.82) is 0 Å². The van der Waals surface area contributed by atoms with Gasteiger partial charge in [0.2, 0.25) is 0 Å². The van der Waals surface area contributed by atoms with Gasteiger partial charge in [-0.2, -0.15) is 0 Å². The number of sulfonamides is 1. The average Bonchev–Trinajstić information content (AvgIpc) is 2.68. The Morgan fingerprint density at radius 3 is 2.15 bits per heavy atom. The van der Waals surface area contributed by atoms with Crippen molar-refractivity contribution >= 4 is 21.4 Å². The number of hydrogen-bond donors (Lipinski definition) is 1. The minimum absolute atomic E-state index is 0.00818. The van der Waals surface area contributed by atoms with E-state index >= 15 is 0 Å². The molecule has 0 aromatic heterocycles. The smallest absolute Gasteiger partial charge is 0.312 e. The molecule has 0 amide bonds. The molecular formula is C19H16N2O5S. The van der Waals surface area contributed by atoms with Crippen LogP contribution in [-0.2, 0) is 10.0 Å². The van der Waals surface area contributed by atoms with Crippen molar-refractivity contribution in [2.75, 3.05) is 11.8 Å². The van der Waals surface area contributed by atoms with Crippen molar-refractivity contribution in [2.24, 2.45) is 0 Å². The Labute approximate surface area is 156 Å². The minimum Gasteiger partial charge on any atom is -0.490 e. The van der Waals surface area contributed by atoms with Crippen LogP contribution in [0.3, 0.4) is 0 Å². The SMILES string of the molecule is COc1ccc(S(=O)(=O)Nc2ccc(-c3ccccc3)cc2)cc1[N+](=O)[O-]. The summed E-state index contributed by atoms with van der Waals surface area (Å²) in [7, 11) is -2.70. The molecule has 0 aliphatic rings. The lowest BCUT2D eigenvalue weighted by molar-refractivity contribution is -0.386. The first-order valence-corrected chi connectivity index (χ1v) is 9.40. The Morgan fingerprint density at radius 2 is 1.56 bits per heavy atom. The maximum atomic E-state index is 12.6. The van der Waals surface area contributed by atoms with Crippen LogP contribution < -0.4 is 9.46 Å². The van der Waals surface area contributed by atoms with Crippen molar-refractivity contribution in [3.8, 4) is 16.9 Å². The molecule has 0 heterocycles. The first kappa shape index (κ1) is 18.4. The molecule has 0 saturated carbocycles. The summed E-state index contributed by atoms with van der Waals surface area (Å²) in [5.74, 6) is -0.00818. The van der Waals surface area contributed by atoms with Crippen LogP contribution in [0.25, 0.3) is 11.1 Å². The Morgan fingerprint density at radius 1 is 0.926 bits per heavy atom. The molecule has 8 heteroatoms. The highest BCUT2D eigenvalue weighted by Gasteiger charge is 2.22. The summed E-state index contributed by atoms with van der Waals surface area (Å²) in [6.07, 6.45) is 0. The van der Waals surface area contributed by atoms with Gasteiger partial charge in [-0.3, -0.25) is 14.8 Å². The molecule has 0 radical (unpaired) electrons. The van der Waals surface area contributed by atoms with Crippen molar-refractivity contribution in [1.82, 2.24) is 0 Å². The molecule has 3 rings (SSSR count). The number of hydrogen-bond acceptors (Lipinski definition) is 5. The first-order chi connectivity index (χ1) is 12.9. The lowest BCUT2D eigenvalue weighted by Crippen LogP contribution is -2.13. The third kappa shape index (κ3) is 4.06. The molecule has 3 aromatic rings. The van der Waals surface area contributed by atoms with Crippen LogP contribution in [0.4, 0.5) is 11.4 Å². The summed E-state index contributed by atoms with van der Waals surface area (Å²) in [4.78, 5) is 10.2. The van der Waals surface area contributed by atoms with Crippen LogP contribution in [0.2, 0.25) is 0 Å². The van der Waals surface area contributed by atoms with Gasteiger partial charge in [0, 0.05) is 11.8 Å². The fourth-order valence-corrected chi connectivity index (χ4v) is 3.63. The molecule has 0 atom stereocenters. The van der Waals surface area contributed by atoms with Crippen LogP contribution in [-0.4, -0.2) is 20.5 Å². The van der Waals surface area contributed by atoms with E-state index in [2.05, 4.69) is 4.72 Å². The fourth-order valence-electron chi connectivity index (χ4n) is 2.56. The lowest BCUT2D eigenvalue weighted by Gasteiger charge is -2.10. The predicted octanol–water partition coefficient (Wildman–Crippen LogP) is 4.07. The second kappa shape index (κ2) is 7.46. The lowest BCUT2D eigenvalue weighted by atomic mass is 10.1. The molecule has 1 N–H and O–H groups in total. The van der Waals surface area contributed by atoms with Crippen LogP contribution in [0.1, 0.15) is 0 Å². The van der Waals surface area contributed by atoms with Gasteiger partial charge in [0.25, 0.3) is 10.0 Å². The van der Waals surface area contributed by atoms with E-state index in [1.54, 1.807) is 24.3 Å². The second-order valence-electron chi connectivity index (χ2n) is 5.64. The Kier molecular flexibility index (Phi) is 5.09. The molecule has 0 aliphatic carbocycles. The van der Waals surface area contributed by atoms with Gasteiger partial charge in [-0.1, -0.05) is 42.5 Å². The summed E-state index contributed by atoms with van der Waals surface area (Å²) < 4.78 is 32.4. The van der Waals surface area contributed by atoms with Crippen molar-refractivity contribution in [2.45, 2.75) is 4.90 Å². The number of nitro groups is 1. The topological polar surface area (TPSA) is 98.5 Å². The van der Waals surface area contributed by atoms with E-state index in [1.165, 1.54) is 19.2 Å². The fraction of sp³-hybridized carbons (Fsp3) is 0.0526. The van der Waals surface area contributed by atoms with Crippen molar-refractivity contribution < 1.29 is 18.1 Å². The number of anilines is 1. The summed E-state index contributed by atoms with van der Waals surface area (Å²) in [5, 5.41) is 11.1. The van der Waals surface area contributed by atoms with Gasteiger partial charge in [-0.25, -0.2) is 8.42 Å². The van der Waals surface area contributed by atoms with E-state index < -0.39 is 20.6 Å². The normalized spacial score (nSPS) is 11.0. The second-order valence-corrected chi connectivity index (χ2v) is 7.32. The van der Waals surface area contributed by atoms with E-state index in [1.807, 2.05) is 30.3 Å². The molecule has 3 aromatic carbocycles. The molecule has 0 spiro atoms.